The summed E-state index contributed by atoms with van der Waals surface area (Å²) in [7, 11) is 0. The van der Waals surface area contributed by atoms with E-state index in [9.17, 15) is 4.79 Å². The maximum Gasteiger partial charge on any atom is 0.248 e. The van der Waals surface area contributed by atoms with Crippen LogP contribution >= 0.6 is 0 Å². The Morgan fingerprint density at radius 3 is 2.55 bits per heavy atom. The number of amides is 1. The molecule has 3 aromatic rings. The van der Waals surface area contributed by atoms with Crippen molar-refractivity contribution in [1.82, 2.24) is 0 Å². The number of carbonyl (C=O) groups excluding carboxylic acids is 1. The van der Waals surface area contributed by atoms with E-state index in [0.29, 0.717) is 17.9 Å². The van der Waals surface area contributed by atoms with Crippen molar-refractivity contribution in [2.45, 2.75) is 13.5 Å². The van der Waals surface area contributed by atoms with Crippen molar-refractivity contribution in [2.24, 2.45) is 5.73 Å². The number of aryl methyl sites for hydroxylation is 1. The molecule has 0 aliphatic heterocycles. The number of benzene rings is 3. The smallest absolute Gasteiger partial charge is 0.248 e. The summed E-state index contributed by atoms with van der Waals surface area (Å²) < 4.78 is 5.97. The molecule has 0 saturated heterocycles. The number of primary amides is 1. The third-order valence-electron chi connectivity index (χ3n) is 3.75. The minimum atomic E-state index is -0.452. The zero-order valence-corrected chi connectivity index (χ0v) is 12.4. The summed E-state index contributed by atoms with van der Waals surface area (Å²) in [6.45, 7) is 2.51. The molecule has 0 heterocycles. The number of ether oxygens (including phenoxy) is 1. The second-order valence-electron chi connectivity index (χ2n) is 5.27. The van der Waals surface area contributed by atoms with Gasteiger partial charge in [0.05, 0.1) is 0 Å². The number of fused-ring (bicyclic) bond motifs is 1. The summed E-state index contributed by atoms with van der Waals surface area (Å²) in [6, 6.07) is 19.4. The number of hydrogen-bond acceptors (Lipinski definition) is 2. The largest absolute Gasteiger partial charge is 0.488 e. The molecule has 0 fully saturated rings. The van der Waals surface area contributed by atoms with Gasteiger partial charge in [-0.15, -0.1) is 0 Å². The van der Waals surface area contributed by atoms with Gasteiger partial charge in [-0.1, -0.05) is 48.5 Å². The van der Waals surface area contributed by atoms with Crippen LogP contribution in [-0.4, -0.2) is 5.91 Å². The quantitative estimate of drug-likeness (QED) is 0.794. The summed E-state index contributed by atoms with van der Waals surface area (Å²) in [5.41, 5.74) is 8.17. The molecular formula is C19H17NO2. The lowest BCUT2D eigenvalue weighted by molar-refractivity contribution is 0.1000. The molecule has 0 bridgehead atoms. The topological polar surface area (TPSA) is 52.3 Å². The Balaban J connectivity index is 1.98. The first-order valence-electron chi connectivity index (χ1n) is 7.15. The van der Waals surface area contributed by atoms with Crippen molar-refractivity contribution >= 4 is 16.7 Å². The minimum absolute atomic E-state index is 0.452. The van der Waals surface area contributed by atoms with Crippen molar-refractivity contribution in [3.05, 3.63) is 77.4 Å². The number of nitrogens with two attached hydrogens (primary N) is 1. The lowest BCUT2D eigenvalue weighted by Gasteiger charge is -2.12. The molecule has 1 amide bonds. The van der Waals surface area contributed by atoms with Crippen molar-refractivity contribution < 1.29 is 9.53 Å². The first-order valence-corrected chi connectivity index (χ1v) is 7.15. The number of hydrogen-bond donors (Lipinski definition) is 1. The van der Waals surface area contributed by atoms with Crippen LogP contribution in [0.4, 0.5) is 0 Å². The van der Waals surface area contributed by atoms with Crippen molar-refractivity contribution in [2.75, 3.05) is 0 Å². The van der Waals surface area contributed by atoms with E-state index in [1.165, 1.54) is 5.56 Å². The Morgan fingerprint density at radius 2 is 1.77 bits per heavy atom. The Bertz CT molecular complexity index is 840. The fourth-order valence-electron chi connectivity index (χ4n) is 2.46. The summed E-state index contributed by atoms with van der Waals surface area (Å²) >= 11 is 0. The molecule has 0 aliphatic carbocycles. The Kier molecular flexibility index (Phi) is 3.79. The molecule has 3 heteroatoms. The van der Waals surface area contributed by atoms with E-state index in [0.717, 1.165) is 16.3 Å². The lowest BCUT2D eigenvalue weighted by Crippen LogP contribution is -2.11. The van der Waals surface area contributed by atoms with Crippen LogP contribution in [0.25, 0.3) is 10.8 Å². The summed E-state index contributed by atoms with van der Waals surface area (Å²) in [4.78, 5) is 11.5. The molecule has 110 valence electrons. The summed E-state index contributed by atoms with van der Waals surface area (Å²) in [5, 5.41) is 1.92. The SMILES string of the molecule is Cc1ccccc1COc1cc(C(N)=O)cc2ccccc12. The van der Waals surface area contributed by atoms with Gasteiger partial charge in [-0.25, -0.2) is 0 Å². The van der Waals surface area contributed by atoms with Gasteiger partial charge in [0.1, 0.15) is 12.4 Å². The van der Waals surface area contributed by atoms with E-state index in [2.05, 4.69) is 13.0 Å². The highest BCUT2D eigenvalue weighted by Gasteiger charge is 2.09. The number of rotatable bonds is 4. The maximum absolute atomic E-state index is 11.5. The first kappa shape index (κ1) is 14.1. The van der Waals surface area contributed by atoms with Crippen LogP contribution in [0.1, 0.15) is 21.5 Å². The molecule has 0 unspecified atom stereocenters. The molecule has 0 radical (unpaired) electrons. The number of carbonyl (C=O) groups is 1. The van der Waals surface area contributed by atoms with E-state index >= 15 is 0 Å². The normalized spacial score (nSPS) is 10.6. The molecule has 3 rings (SSSR count). The predicted octanol–water partition coefficient (Wildman–Crippen LogP) is 3.83. The highest BCUT2D eigenvalue weighted by Crippen LogP contribution is 2.28. The summed E-state index contributed by atoms with van der Waals surface area (Å²) in [5.74, 6) is 0.224. The molecule has 3 nitrogen and oxygen atoms in total. The van der Waals surface area contributed by atoms with Gasteiger partial charge in [-0.2, -0.15) is 0 Å². The molecule has 3 aromatic carbocycles. The molecule has 0 aromatic heterocycles. The average molecular weight is 291 g/mol. The third-order valence-corrected chi connectivity index (χ3v) is 3.75. The fourth-order valence-corrected chi connectivity index (χ4v) is 2.46. The Hall–Kier alpha value is -2.81. The second-order valence-corrected chi connectivity index (χ2v) is 5.27. The molecule has 0 atom stereocenters. The molecular weight excluding hydrogens is 274 g/mol. The highest BCUT2D eigenvalue weighted by molar-refractivity contribution is 6.00. The van der Waals surface area contributed by atoms with Gasteiger partial charge in [-0.05, 0) is 35.6 Å². The van der Waals surface area contributed by atoms with Crippen LogP contribution in [0.5, 0.6) is 5.75 Å². The Morgan fingerprint density at radius 1 is 1.05 bits per heavy atom. The van der Waals surface area contributed by atoms with Crippen molar-refractivity contribution in [1.29, 1.82) is 0 Å². The zero-order chi connectivity index (χ0) is 15.5. The van der Waals surface area contributed by atoms with Gasteiger partial charge in [0.15, 0.2) is 0 Å². The zero-order valence-electron chi connectivity index (χ0n) is 12.4. The van der Waals surface area contributed by atoms with Gasteiger partial charge in [0.2, 0.25) is 5.91 Å². The fraction of sp³-hybridized carbons (Fsp3) is 0.105. The molecule has 0 saturated carbocycles. The molecule has 0 aliphatic rings. The standard InChI is InChI=1S/C19H17NO2/c1-13-6-2-3-8-15(13)12-22-18-11-16(19(20)21)10-14-7-4-5-9-17(14)18/h2-11H,12H2,1H3,(H2,20,21). The van der Waals surface area contributed by atoms with Crippen LogP contribution in [0.3, 0.4) is 0 Å². The minimum Gasteiger partial charge on any atom is -0.488 e. The maximum atomic E-state index is 11.5. The van der Waals surface area contributed by atoms with Crippen LogP contribution in [-0.2, 0) is 6.61 Å². The van der Waals surface area contributed by atoms with Crippen molar-refractivity contribution in [3.63, 3.8) is 0 Å². The van der Waals surface area contributed by atoms with E-state index in [1.807, 2.05) is 42.5 Å². The highest BCUT2D eigenvalue weighted by atomic mass is 16.5. The van der Waals surface area contributed by atoms with Crippen LogP contribution < -0.4 is 10.5 Å². The lowest BCUT2D eigenvalue weighted by atomic mass is 10.1. The summed E-state index contributed by atoms with van der Waals surface area (Å²) in [6.07, 6.45) is 0. The van der Waals surface area contributed by atoms with Gasteiger partial charge < -0.3 is 10.5 Å². The van der Waals surface area contributed by atoms with Gasteiger partial charge >= 0.3 is 0 Å². The third kappa shape index (κ3) is 2.79. The molecule has 2 N–H and O–H groups in total. The van der Waals surface area contributed by atoms with E-state index in [1.54, 1.807) is 12.1 Å². The molecule has 22 heavy (non-hydrogen) atoms. The van der Waals surface area contributed by atoms with E-state index in [-0.39, 0.29) is 0 Å². The average Bonchev–Trinajstić information content (AvgIpc) is 2.53. The predicted molar refractivity (Wildman–Crippen MR) is 88.0 cm³/mol. The Labute approximate surface area is 129 Å². The molecule has 0 spiro atoms. The van der Waals surface area contributed by atoms with Gasteiger partial charge in [-0.3, -0.25) is 4.79 Å². The first-order chi connectivity index (χ1) is 10.6. The van der Waals surface area contributed by atoms with Crippen LogP contribution in [0.2, 0.25) is 0 Å². The van der Waals surface area contributed by atoms with Gasteiger partial charge in [0.25, 0.3) is 0 Å². The van der Waals surface area contributed by atoms with Crippen molar-refractivity contribution in [3.8, 4) is 5.75 Å². The van der Waals surface area contributed by atoms with Gasteiger partial charge in [0, 0.05) is 10.9 Å². The van der Waals surface area contributed by atoms with Crippen LogP contribution in [0, 0.1) is 6.92 Å². The van der Waals surface area contributed by atoms with E-state index in [4.69, 9.17) is 10.5 Å². The van der Waals surface area contributed by atoms with Crippen LogP contribution in [0.15, 0.2) is 60.7 Å². The van der Waals surface area contributed by atoms with E-state index < -0.39 is 5.91 Å². The monoisotopic (exact) mass is 291 g/mol. The second kappa shape index (κ2) is 5.90.